The number of benzene rings is 1. The Kier molecular flexibility index (Phi) is 2.37. The number of para-hydroxylation sites is 1. The van der Waals surface area contributed by atoms with Crippen molar-refractivity contribution in [2.24, 2.45) is 10.8 Å². The number of fused-ring (bicyclic) bond motifs is 1. The SMILES string of the molecule is CN=C(NN)N1CCc2ccccc21. The highest BCUT2D eigenvalue weighted by atomic mass is 15.4. The monoisotopic (exact) mass is 190 g/mol. The minimum atomic E-state index is 0.718. The first-order chi connectivity index (χ1) is 6.86. The molecule has 0 atom stereocenters. The summed E-state index contributed by atoms with van der Waals surface area (Å²) in [6, 6.07) is 8.31. The van der Waals surface area contributed by atoms with Crippen LogP contribution in [0.5, 0.6) is 0 Å². The van der Waals surface area contributed by atoms with Crippen molar-refractivity contribution in [2.45, 2.75) is 6.42 Å². The summed E-state index contributed by atoms with van der Waals surface area (Å²) >= 11 is 0. The highest BCUT2D eigenvalue weighted by Gasteiger charge is 2.21. The van der Waals surface area contributed by atoms with Crippen LogP contribution in [0.25, 0.3) is 0 Å². The van der Waals surface area contributed by atoms with Crippen LogP contribution in [0.2, 0.25) is 0 Å². The molecular formula is C10H14N4. The molecule has 0 spiro atoms. The lowest BCUT2D eigenvalue weighted by Gasteiger charge is -2.19. The van der Waals surface area contributed by atoms with Crippen molar-refractivity contribution in [1.82, 2.24) is 5.43 Å². The van der Waals surface area contributed by atoms with Crippen LogP contribution in [0.15, 0.2) is 29.3 Å². The summed E-state index contributed by atoms with van der Waals surface area (Å²) in [6.45, 7) is 0.941. The van der Waals surface area contributed by atoms with Gasteiger partial charge < -0.3 is 4.90 Å². The molecule has 0 radical (unpaired) electrons. The van der Waals surface area contributed by atoms with Crippen molar-refractivity contribution < 1.29 is 0 Å². The lowest BCUT2D eigenvalue weighted by Crippen LogP contribution is -2.44. The van der Waals surface area contributed by atoms with Gasteiger partial charge >= 0.3 is 0 Å². The molecule has 0 saturated carbocycles. The quantitative estimate of drug-likeness (QED) is 0.271. The summed E-state index contributed by atoms with van der Waals surface area (Å²) in [6.07, 6.45) is 1.05. The van der Waals surface area contributed by atoms with E-state index in [0.29, 0.717) is 0 Å². The molecule has 1 heterocycles. The number of rotatable bonds is 0. The largest absolute Gasteiger partial charge is 0.311 e. The van der Waals surface area contributed by atoms with E-state index in [9.17, 15) is 0 Å². The Morgan fingerprint density at radius 1 is 1.50 bits per heavy atom. The molecule has 2 rings (SSSR count). The van der Waals surface area contributed by atoms with Gasteiger partial charge in [-0.15, -0.1) is 0 Å². The van der Waals surface area contributed by atoms with Gasteiger partial charge in [0.2, 0.25) is 5.96 Å². The Labute approximate surface area is 83.4 Å². The van der Waals surface area contributed by atoms with Gasteiger partial charge in [-0.25, -0.2) is 5.84 Å². The zero-order chi connectivity index (χ0) is 9.97. The van der Waals surface area contributed by atoms with Crippen LogP contribution in [0.1, 0.15) is 5.56 Å². The average molecular weight is 190 g/mol. The molecule has 1 aliphatic rings. The Balaban J connectivity index is 2.34. The van der Waals surface area contributed by atoms with Crippen molar-refractivity contribution in [3.05, 3.63) is 29.8 Å². The number of anilines is 1. The number of nitrogens with zero attached hydrogens (tertiary/aromatic N) is 2. The van der Waals surface area contributed by atoms with Crippen molar-refractivity contribution in [3.8, 4) is 0 Å². The summed E-state index contributed by atoms with van der Waals surface area (Å²) in [4.78, 5) is 6.19. The fourth-order valence-corrected chi connectivity index (χ4v) is 1.82. The summed E-state index contributed by atoms with van der Waals surface area (Å²) < 4.78 is 0. The predicted molar refractivity (Wildman–Crippen MR) is 58.2 cm³/mol. The third kappa shape index (κ3) is 1.33. The van der Waals surface area contributed by atoms with Crippen LogP contribution in [-0.4, -0.2) is 19.6 Å². The van der Waals surface area contributed by atoms with Crippen LogP contribution in [0.3, 0.4) is 0 Å². The molecule has 1 aromatic carbocycles. The van der Waals surface area contributed by atoms with Gasteiger partial charge in [0.1, 0.15) is 0 Å². The van der Waals surface area contributed by atoms with Gasteiger partial charge in [-0.05, 0) is 18.1 Å². The average Bonchev–Trinajstić information content (AvgIpc) is 2.65. The van der Waals surface area contributed by atoms with Gasteiger partial charge in [0, 0.05) is 19.3 Å². The highest BCUT2D eigenvalue weighted by molar-refractivity contribution is 5.97. The molecule has 0 amide bonds. The molecule has 1 aliphatic heterocycles. The Hall–Kier alpha value is -1.55. The summed E-state index contributed by atoms with van der Waals surface area (Å²) in [5.74, 6) is 6.12. The summed E-state index contributed by atoms with van der Waals surface area (Å²) in [5.41, 5.74) is 5.16. The second-order valence-corrected chi connectivity index (χ2v) is 3.22. The molecule has 3 N–H and O–H groups in total. The van der Waals surface area contributed by atoms with E-state index in [0.717, 1.165) is 18.9 Å². The van der Waals surface area contributed by atoms with Gasteiger partial charge in [-0.3, -0.25) is 10.4 Å². The number of hydrazine groups is 1. The van der Waals surface area contributed by atoms with Gasteiger partial charge in [0.05, 0.1) is 0 Å². The second-order valence-electron chi connectivity index (χ2n) is 3.22. The molecule has 0 aliphatic carbocycles. The van der Waals surface area contributed by atoms with E-state index in [1.807, 2.05) is 6.07 Å². The van der Waals surface area contributed by atoms with Crippen molar-refractivity contribution in [1.29, 1.82) is 0 Å². The maximum atomic E-state index is 5.40. The smallest absolute Gasteiger partial charge is 0.212 e. The Bertz CT molecular complexity index is 359. The van der Waals surface area contributed by atoms with Gasteiger partial charge in [0.25, 0.3) is 0 Å². The number of aliphatic imine (C=N–C) groups is 1. The first-order valence-corrected chi connectivity index (χ1v) is 4.65. The zero-order valence-electron chi connectivity index (χ0n) is 8.20. The van der Waals surface area contributed by atoms with Gasteiger partial charge in [-0.2, -0.15) is 0 Å². The van der Waals surface area contributed by atoms with Crippen molar-refractivity contribution in [3.63, 3.8) is 0 Å². The third-order valence-corrected chi connectivity index (χ3v) is 2.48. The molecule has 4 nitrogen and oxygen atoms in total. The lowest BCUT2D eigenvalue weighted by atomic mass is 10.2. The molecule has 1 aromatic rings. The standard InChI is InChI=1S/C10H14N4/c1-12-10(13-11)14-7-6-8-4-2-3-5-9(8)14/h2-5H,6-7,11H2,1H3,(H,12,13). The number of hydrogen-bond acceptors (Lipinski definition) is 2. The lowest BCUT2D eigenvalue weighted by molar-refractivity contribution is 0.926. The van der Waals surface area contributed by atoms with E-state index in [4.69, 9.17) is 5.84 Å². The van der Waals surface area contributed by atoms with E-state index >= 15 is 0 Å². The van der Waals surface area contributed by atoms with Crippen molar-refractivity contribution in [2.75, 3.05) is 18.5 Å². The fraction of sp³-hybridized carbons (Fsp3) is 0.300. The first-order valence-electron chi connectivity index (χ1n) is 4.65. The molecule has 0 bridgehead atoms. The van der Waals surface area contributed by atoms with Crippen LogP contribution >= 0.6 is 0 Å². The Morgan fingerprint density at radius 2 is 2.29 bits per heavy atom. The predicted octanol–water partition coefficient (Wildman–Crippen LogP) is 0.498. The number of hydrogen-bond donors (Lipinski definition) is 2. The molecular weight excluding hydrogens is 176 g/mol. The molecule has 4 heteroatoms. The number of nitrogens with two attached hydrogens (primary N) is 1. The number of guanidine groups is 1. The third-order valence-electron chi connectivity index (χ3n) is 2.48. The van der Waals surface area contributed by atoms with Crippen LogP contribution in [0, 0.1) is 0 Å². The maximum Gasteiger partial charge on any atom is 0.212 e. The maximum absolute atomic E-state index is 5.40. The minimum Gasteiger partial charge on any atom is -0.311 e. The molecule has 14 heavy (non-hydrogen) atoms. The first kappa shape index (κ1) is 9.02. The molecule has 0 saturated heterocycles. The second kappa shape index (κ2) is 3.67. The van der Waals surface area contributed by atoms with Crippen LogP contribution in [-0.2, 0) is 6.42 Å². The van der Waals surface area contributed by atoms with Crippen LogP contribution in [0.4, 0.5) is 5.69 Å². The van der Waals surface area contributed by atoms with Gasteiger partial charge in [0.15, 0.2) is 0 Å². The summed E-state index contributed by atoms with van der Waals surface area (Å²) in [5, 5.41) is 0. The number of nitrogens with one attached hydrogen (secondary N) is 1. The van der Waals surface area contributed by atoms with E-state index in [-0.39, 0.29) is 0 Å². The molecule has 0 fully saturated rings. The van der Waals surface area contributed by atoms with E-state index in [1.54, 1.807) is 7.05 Å². The van der Waals surface area contributed by atoms with E-state index in [1.165, 1.54) is 11.3 Å². The zero-order valence-corrected chi connectivity index (χ0v) is 8.20. The fourth-order valence-electron chi connectivity index (χ4n) is 1.82. The summed E-state index contributed by atoms with van der Waals surface area (Å²) in [7, 11) is 1.73. The van der Waals surface area contributed by atoms with E-state index < -0.39 is 0 Å². The van der Waals surface area contributed by atoms with Crippen molar-refractivity contribution >= 4 is 11.6 Å². The minimum absolute atomic E-state index is 0.718. The van der Waals surface area contributed by atoms with Crippen LogP contribution < -0.4 is 16.2 Å². The highest BCUT2D eigenvalue weighted by Crippen LogP contribution is 2.26. The molecule has 74 valence electrons. The van der Waals surface area contributed by atoms with Gasteiger partial charge in [-0.1, -0.05) is 18.2 Å². The normalized spacial score (nSPS) is 15.6. The topological polar surface area (TPSA) is 53.6 Å². The Morgan fingerprint density at radius 3 is 3.00 bits per heavy atom. The molecule has 0 aromatic heterocycles. The molecule has 0 unspecified atom stereocenters. The van der Waals surface area contributed by atoms with E-state index in [2.05, 4.69) is 33.5 Å².